The Balaban J connectivity index is 1.90. The number of nitrogens with one attached hydrogen (secondary N) is 2. The fraction of sp³-hybridized carbons (Fsp3) is 0.333. The van der Waals surface area contributed by atoms with Gasteiger partial charge in [0.05, 0.1) is 21.2 Å². The quantitative estimate of drug-likeness (QED) is 0.784. The second-order valence-corrected chi connectivity index (χ2v) is 7.11. The normalized spacial score (nSPS) is 10.4. The zero-order valence-electron chi connectivity index (χ0n) is 11.9. The van der Waals surface area contributed by atoms with Crippen molar-refractivity contribution >= 4 is 38.9 Å². The highest BCUT2D eigenvalue weighted by atomic mass is 79.9. The Morgan fingerprint density at radius 2 is 2.19 bits per heavy atom. The minimum Gasteiger partial charge on any atom is -0.383 e. The van der Waals surface area contributed by atoms with Crippen molar-refractivity contribution in [2.45, 2.75) is 19.8 Å². The zero-order valence-corrected chi connectivity index (χ0v) is 14.3. The second-order valence-electron chi connectivity index (χ2n) is 4.56. The van der Waals surface area contributed by atoms with E-state index in [1.165, 1.54) is 4.88 Å². The van der Waals surface area contributed by atoms with Crippen LogP contribution >= 0.6 is 27.3 Å². The molecule has 112 valence electrons. The van der Waals surface area contributed by atoms with Gasteiger partial charge in [0, 0.05) is 24.2 Å². The maximum absolute atomic E-state index is 12.2. The Morgan fingerprint density at radius 1 is 1.33 bits per heavy atom. The molecule has 0 aromatic carbocycles. The Bertz CT molecular complexity index is 600. The number of aromatic nitrogens is 1. The van der Waals surface area contributed by atoms with E-state index < -0.39 is 0 Å². The van der Waals surface area contributed by atoms with Crippen molar-refractivity contribution in [3.63, 3.8) is 0 Å². The molecule has 2 heterocycles. The number of hydrogen-bond acceptors (Lipinski definition) is 4. The molecule has 4 nitrogen and oxygen atoms in total. The van der Waals surface area contributed by atoms with E-state index >= 15 is 0 Å². The van der Waals surface area contributed by atoms with E-state index in [9.17, 15) is 4.79 Å². The molecule has 0 spiro atoms. The molecular weight excluding hydrogens is 350 g/mol. The number of hydrogen-bond donors (Lipinski definition) is 2. The average Bonchev–Trinajstić information content (AvgIpc) is 2.91. The van der Waals surface area contributed by atoms with Gasteiger partial charge in [0.25, 0.3) is 5.91 Å². The molecule has 0 radical (unpaired) electrons. The Morgan fingerprint density at radius 3 is 2.90 bits per heavy atom. The van der Waals surface area contributed by atoms with E-state index in [-0.39, 0.29) is 5.91 Å². The molecule has 2 aromatic rings. The van der Waals surface area contributed by atoms with Crippen molar-refractivity contribution in [1.82, 2.24) is 10.3 Å². The lowest BCUT2D eigenvalue weighted by Crippen LogP contribution is -2.26. The summed E-state index contributed by atoms with van der Waals surface area (Å²) < 4.78 is 1.11. The van der Waals surface area contributed by atoms with E-state index in [1.54, 1.807) is 29.8 Å². The Kier molecular flexibility index (Phi) is 6.20. The number of thiophene rings is 1. The number of nitrogens with zero attached hydrogens (tertiary/aromatic N) is 1. The first-order chi connectivity index (χ1) is 10.2. The lowest BCUT2D eigenvalue weighted by Gasteiger charge is -2.10. The van der Waals surface area contributed by atoms with Crippen LogP contribution in [0.3, 0.4) is 0 Å². The van der Waals surface area contributed by atoms with Gasteiger partial charge in [-0.3, -0.25) is 9.78 Å². The van der Waals surface area contributed by atoms with Gasteiger partial charge in [0.2, 0.25) is 0 Å². The number of carbonyl (C=O) groups excluding carboxylic acids is 1. The minimum atomic E-state index is -0.0633. The molecule has 2 aromatic heterocycles. The molecule has 0 aliphatic carbocycles. The SMILES string of the molecule is CCCNc1cnccc1C(=O)NCCc1ccc(Br)s1. The average molecular weight is 368 g/mol. The van der Waals surface area contributed by atoms with Crippen molar-refractivity contribution in [2.24, 2.45) is 0 Å². The van der Waals surface area contributed by atoms with Crippen LogP contribution in [0.4, 0.5) is 5.69 Å². The number of anilines is 1. The lowest BCUT2D eigenvalue weighted by molar-refractivity contribution is 0.0955. The summed E-state index contributed by atoms with van der Waals surface area (Å²) in [6, 6.07) is 5.84. The largest absolute Gasteiger partial charge is 0.383 e. The van der Waals surface area contributed by atoms with E-state index in [0.717, 1.165) is 28.9 Å². The summed E-state index contributed by atoms with van der Waals surface area (Å²) in [5, 5.41) is 6.19. The van der Waals surface area contributed by atoms with Crippen LogP contribution in [-0.4, -0.2) is 24.0 Å². The van der Waals surface area contributed by atoms with Crippen molar-refractivity contribution in [1.29, 1.82) is 0 Å². The Hall–Kier alpha value is -1.40. The molecule has 0 saturated heterocycles. The van der Waals surface area contributed by atoms with E-state index in [2.05, 4.69) is 44.5 Å². The molecule has 6 heteroatoms. The van der Waals surface area contributed by atoms with Crippen molar-refractivity contribution in [3.8, 4) is 0 Å². The maximum Gasteiger partial charge on any atom is 0.253 e. The summed E-state index contributed by atoms with van der Waals surface area (Å²) in [5.74, 6) is -0.0633. The van der Waals surface area contributed by atoms with Crippen LogP contribution in [0.25, 0.3) is 0 Å². The van der Waals surface area contributed by atoms with Gasteiger partial charge in [0.15, 0.2) is 0 Å². The third-order valence-electron chi connectivity index (χ3n) is 2.92. The third-order valence-corrected chi connectivity index (χ3v) is 4.60. The van der Waals surface area contributed by atoms with Crippen LogP contribution in [0.1, 0.15) is 28.6 Å². The molecule has 0 atom stereocenters. The topological polar surface area (TPSA) is 54.0 Å². The van der Waals surface area contributed by atoms with Gasteiger partial charge < -0.3 is 10.6 Å². The van der Waals surface area contributed by atoms with Crippen LogP contribution in [0.2, 0.25) is 0 Å². The minimum absolute atomic E-state index is 0.0633. The van der Waals surface area contributed by atoms with Crippen LogP contribution in [0.5, 0.6) is 0 Å². The monoisotopic (exact) mass is 367 g/mol. The van der Waals surface area contributed by atoms with Gasteiger partial charge in [-0.25, -0.2) is 0 Å². The van der Waals surface area contributed by atoms with Crippen LogP contribution in [0.15, 0.2) is 34.4 Å². The molecule has 1 amide bonds. The fourth-order valence-corrected chi connectivity index (χ4v) is 3.36. The number of carbonyl (C=O) groups is 1. The molecule has 0 bridgehead atoms. The first-order valence-corrected chi connectivity index (χ1v) is 8.52. The molecule has 0 fully saturated rings. The van der Waals surface area contributed by atoms with Gasteiger partial charge >= 0.3 is 0 Å². The second kappa shape index (κ2) is 8.14. The number of pyridine rings is 1. The summed E-state index contributed by atoms with van der Waals surface area (Å²) in [6.07, 6.45) is 5.18. The van der Waals surface area contributed by atoms with Gasteiger partial charge in [0.1, 0.15) is 0 Å². The van der Waals surface area contributed by atoms with Crippen molar-refractivity contribution in [2.75, 3.05) is 18.4 Å². The summed E-state index contributed by atoms with van der Waals surface area (Å²) in [5.41, 5.74) is 1.43. The zero-order chi connectivity index (χ0) is 15.1. The maximum atomic E-state index is 12.2. The highest BCUT2D eigenvalue weighted by Gasteiger charge is 2.10. The molecule has 0 aliphatic heterocycles. The first-order valence-electron chi connectivity index (χ1n) is 6.91. The lowest BCUT2D eigenvalue weighted by atomic mass is 10.2. The summed E-state index contributed by atoms with van der Waals surface area (Å²) in [4.78, 5) is 17.6. The third kappa shape index (κ3) is 4.82. The van der Waals surface area contributed by atoms with Crippen molar-refractivity contribution < 1.29 is 4.79 Å². The molecule has 0 aliphatic rings. The van der Waals surface area contributed by atoms with E-state index in [1.807, 2.05) is 6.07 Å². The van der Waals surface area contributed by atoms with Crippen LogP contribution < -0.4 is 10.6 Å². The fourth-order valence-electron chi connectivity index (χ4n) is 1.87. The van der Waals surface area contributed by atoms with Gasteiger partial charge in [-0.05, 0) is 47.0 Å². The molecule has 0 saturated carbocycles. The van der Waals surface area contributed by atoms with E-state index in [0.29, 0.717) is 12.1 Å². The molecule has 0 unspecified atom stereocenters. The molecular formula is C15H18BrN3OS. The summed E-state index contributed by atoms with van der Waals surface area (Å²) in [7, 11) is 0. The van der Waals surface area contributed by atoms with Gasteiger partial charge in [-0.1, -0.05) is 6.92 Å². The Labute approximate surface area is 137 Å². The predicted molar refractivity (Wildman–Crippen MR) is 91.1 cm³/mol. The molecule has 21 heavy (non-hydrogen) atoms. The highest BCUT2D eigenvalue weighted by molar-refractivity contribution is 9.11. The van der Waals surface area contributed by atoms with Crippen LogP contribution in [0, 0.1) is 0 Å². The van der Waals surface area contributed by atoms with Crippen LogP contribution in [-0.2, 0) is 6.42 Å². The smallest absolute Gasteiger partial charge is 0.253 e. The van der Waals surface area contributed by atoms with Gasteiger partial charge in [-0.2, -0.15) is 0 Å². The van der Waals surface area contributed by atoms with E-state index in [4.69, 9.17) is 0 Å². The summed E-state index contributed by atoms with van der Waals surface area (Å²) >= 11 is 5.13. The van der Waals surface area contributed by atoms with Gasteiger partial charge in [-0.15, -0.1) is 11.3 Å². The molecule has 2 rings (SSSR count). The van der Waals surface area contributed by atoms with Crippen molar-refractivity contribution in [3.05, 3.63) is 44.8 Å². The molecule has 2 N–H and O–H groups in total. The predicted octanol–water partition coefficient (Wildman–Crippen LogP) is 3.70. The number of rotatable bonds is 7. The number of halogens is 1. The summed E-state index contributed by atoms with van der Waals surface area (Å²) in [6.45, 7) is 3.54. The number of amides is 1. The standard InChI is InChI=1S/C15H18BrN3OS/c1-2-7-18-13-10-17-8-6-12(13)15(20)19-9-5-11-3-4-14(16)21-11/h3-4,6,8,10,18H,2,5,7,9H2,1H3,(H,19,20). The highest BCUT2D eigenvalue weighted by Crippen LogP contribution is 2.22. The first kappa shape index (κ1) is 16.0.